The molecular weight excluding hydrogens is 214 g/mol. The number of hydrogen-bond donors (Lipinski definition) is 0. The first-order valence-corrected chi connectivity index (χ1v) is 4.45. The molecule has 0 nitrogen and oxygen atoms in total. The summed E-state index contributed by atoms with van der Waals surface area (Å²) in [7, 11) is 0. The Kier molecular flexibility index (Phi) is 5.14. The number of allylic oxidation sites excluding steroid dienone is 2. The van der Waals surface area contributed by atoms with Crippen LogP contribution in [0.15, 0.2) is 12.2 Å². The summed E-state index contributed by atoms with van der Waals surface area (Å²) in [6.45, 7) is 1.63. The van der Waals surface area contributed by atoms with Crippen molar-refractivity contribution in [3.05, 3.63) is 12.2 Å². The minimum atomic E-state index is -0.926. The first-order chi connectivity index (χ1) is 4.48. The SMILES string of the molecule is CC(Cl)(Cl)C(Cl)/C=C\CCl. The molecule has 0 aromatic carbocycles. The van der Waals surface area contributed by atoms with Crippen molar-refractivity contribution < 1.29 is 0 Å². The molecule has 0 aliphatic heterocycles. The lowest BCUT2D eigenvalue weighted by Crippen LogP contribution is -2.19. The van der Waals surface area contributed by atoms with Crippen LogP contribution in [0.25, 0.3) is 0 Å². The van der Waals surface area contributed by atoms with E-state index in [2.05, 4.69) is 0 Å². The minimum absolute atomic E-state index is 0.394. The lowest BCUT2D eigenvalue weighted by Gasteiger charge is -2.15. The van der Waals surface area contributed by atoms with E-state index in [1.54, 1.807) is 19.1 Å². The molecule has 0 N–H and O–H groups in total. The highest BCUT2D eigenvalue weighted by molar-refractivity contribution is 6.52. The maximum absolute atomic E-state index is 5.73. The highest BCUT2D eigenvalue weighted by atomic mass is 35.5. The van der Waals surface area contributed by atoms with Gasteiger partial charge in [0.1, 0.15) is 4.33 Å². The predicted molar refractivity (Wildman–Crippen MR) is 49.6 cm³/mol. The molecule has 0 heterocycles. The summed E-state index contributed by atoms with van der Waals surface area (Å²) in [4.78, 5) is 0. The third-order valence-corrected chi connectivity index (χ3v) is 2.33. The Morgan fingerprint density at radius 2 is 2.00 bits per heavy atom. The standard InChI is InChI=1S/C6H8Cl4/c1-6(9,10)5(8)3-2-4-7/h2-3,5H,4H2,1H3/b3-2-. The molecule has 0 rings (SSSR count). The molecule has 0 saturated heterocycles. The second-order valence-electron chi connectivity index (χ2n) is 1.94. The Bertz CT molecular complexity index is 113. The maximum atomic E-state index is 5.73. The molecule has 0 bridgehead atoms. The fourth-order valence-electron chi connectivity index (χ4n) is 0.340. The van der Waals surface area contributed by atoms with Crippen molar-refractivity contribution in [1.82, 2.24) is 0 Å². The molecular formula is C6H8Cl4. The topological polar surface area (TPSA) is 0 Å². The summed E-state index contributed by atoms with van der Waals surface area (Å²) < 4.78 is -0.926. The van der Waals surface area contributed by atoms with Crippen LogP contribution in [0.5, 0.6) is 0 Å². The lowest BCUT2D eigenvalue weighted by molar-refractivity contribution is 0.890. The Hall–Kier alpha value is 0.900. The van der Waals surface area contributed by atoms with Crippen molar-refractivity contribution in [3.8, 4) is 0 Å². The van der Waals surface area contributed by atoms with Gasteiger partial charge in [-0.2, -0.15) is 0 Å². The molecule has 1 unspecified atom stereocenters. The Morgan fingerprint density at radius 1 is 1.50 bits per heavy atom. The molecule has 1 atom stereocenters. The second kappa shape index (κ2) is 4.71. The number of halogens is 4. The van der Waals surface area contributed by atoms with Gasteiger partial charge in [0.25, 0.3) is 0 Å². The zero-order chi connectivity index (χ0) is 8.20. The molecule has 0 aromatic heterocycles. The molecule has 0 amide bonds. The van der Waals surface area contributed by atoms with E-state index < -0.39 is 9.71 Å². The normalized spacial score (nSPS) is 16.1. The molecule has 60 valence electrons. The first-order valence-electron chi connectivity index (χ1n) is 2.73. The van der Waals surface area contributed by atoms with E-state index in [0.29, 0.717) is 5.88 Å². The highest BCUT2D eigenvalue weighted by Crippen LogP contribution is 2.29. The molecule has 0 aromatic rings. The van der Waals surface area contributed by atoms with Gasteiger partial charge in [0.15, 0.2) is 0 Å². The van der Waals surface area contributed by atoms with Crippen LogP contribution in [0.3, 0.4) is 0 Å². The Morgan fingerprint density at radius 3 is 2.30 bits per heavy atom. The van der Waals surface area contributed by atoms with Crippen molar-refractivity contribution >= 4 is 46.4 Å². The number of rotatable bonds is 3. The molecule has 0 fully saturated rings. The third-order valence-electron chi connectivity index (χ3n) is 0.878. The van der Waals surface area contributed by atoms with Crippen LogP contribution in [-0.2, 0) is 0 Å². The second-order valence-corrected chi connectivity index (χ2v) is 4.48. The van der Waals surface area contributed by atoms with Gasteiger partial charge < -0.3 is 0 Å². The summed E-state index contributed by atoms with van der Waals surface area (Å²) in [6, 6.07) is 0. The van der Waals surface area contributed by atoms with Crippen LogP contribution in [0.1, 0.15) is 6.92 Å². The van der Waals surface area contributed by atoms with E-state index in [0.717, 1.165) is 0 Å². The van der Waals surface area contributed by atoms with E-state index >= 15 is 0 Å². The van der Waals surface area contributed by atoms with E-state index in [1.807, 2.05) is 0 Å². The average molecular weight is 222 g/mol. The molecule has 0 aliphatic carbocycles. The van der Waals surface area contributed by atoms with Crippen LogP contribution in [-0.4, -0.2) is 15.6 Å². The van der Waals surface area contributed by atoms with Gasteiger partial charge in [-0.3, -0.25) is 0 Å². The van der Waals surface area contributed by atoms with Gasteiger partial charge in [0.05, 0.1) is 5.38 Å². The van der Waals surface area contributed by atoms with Gasteiger partial charge in [-0.05, 0) is 6.92 Å². The summed E-state index contributed by atoms with van der Waals surface area (Å²) in [5, 5.41) is -0.394. The summed E-state index contributed by atoms with van der Waals surface area (Å²) in [5.41, 5.74) is 0. The minimum Gasteiger partial charge on any atom is -0.122 e. The van der Waals surface area contributed by atoms with E-state index in [4.69, 9.17) is 46.4 Å². The lowest BCUT2D eigenvalue weighted by atomic mass is 10.3. The van der Waals surface area contributed by atoms with E-state index in [-0.39, 0.29) is 0 Å². The van der Waals surface area contributed by atoms with Crippen LogP contribution >= 0.6 is 46.4 Å². The van der Waals surface area contributed by atoms with Crippen molar-refractivity contribution in [2.75, 3.05) is 5.88 Å². The predicted octanol–water partition coefficient (Wildman–Crippen LogP) is 3.58. The van der Waals surface area contributed by atoms with Crippen LogP contribution in [0.2, 0.25) is 0 Å². The fraction of sp³-hybridized carbons (Fsp3) is 0.667. The Labute approximate surface area is 81.1 Å². The van der Waals surface area contributed by atoms with Gasteiger partial charge in [-0.1, -0.05) is 35.4 Å². The maximum Gasteiger partial charge on any atom is 0.135 e. The third kappa shape index (κ3) is 4.68. The summed E-state index contributed by atoms with van der Waals surface area (Å²) in [5.74, 6) is 0.424. The number of hydrogen-bond acceptors (Lipinski definition) is 0. The van der Waals surface area contributed by atoms with Crippen molar-refractivity contribution in [1.29, 1.82) is 0 Å². The van der Waals surface area contributed by atoms with E-state index in [1.165, 1.54) is 0 Å². The molecule has 0 radical (unpaired) electrons. The molecule has 0 aliphatic rings. The quantitative estimate of drug-likeness (QED) is 0.505. The van der Waals surface area contributed by atoms with Gasteiger partial charge in [0, 0.05) is 5.88 Å². The fourth-order valence-corrected chi connectivity index (χ4v) is 0.691. The first kappa shape index (κ1) is 10.9. The van der Waals surface area contributed by atoms with Crippen LogP contribution in [0, 0.1) is 0 Å². The van der Waals surface area contributed by atoms with Crippen molar-refractivity contribution in [2.24, 2.45) is 0 Å². The zero-order valence-corrected chi connectivity index (χ0v) is 8.47. The summed E-state index contributed by atoms with van der Waals surface area (Å²) >= 11 is 22.4. The molecule has 0 saturated carbocycles. The summed E-state index contributed by atoms with van der Waals surface area (Å²) in [6.07, 6.45) is 3.39. The van der Waals surface area contributed by atoms with Crippen LogP contribution in [0.4, 0.5) is 0 Å². The Balaban J connectivity index is 3.84. The average Bonchev–Trinajstić information content (AvgIpc) is 1.80. The highest BCUT2D eigenvalue weighted by Gasteiger charge is 2.24. The zero-order valence-electron chi connectivity index (χ0n) is 5.45. The van der Waals surface area contributed by atoms with Gasteiger partial charge in [-0.15, -0.1) is 23.2 Å². The van der Waals surface area contributed by atoms with Crippen molar-refractivity contribution in [3.63, 3.8) is 0 Å². The van der Waals surface area contributed by atoms with Gasteiger partial charge in [0.2, 0.25) is 0 Å². The monoisotopic (exact) mass is 220 g/mol. The largest absolute Gasteiger partial charge is 0.135 e. The molecule has 10 heavy (non-hydrogen) atoms. The van der Waals surface area contributed by atoms with Crippen LogP contribution < -0.4 is 0 Å². The number of alkyl halides is 4. The van der Waals surface area contributed by atoms with Crippen molar-refractivity contribution in [2.45, 2.75) is 16.6 Å². The van der Waals surface area contributed by atoms with Gasteiger partial charge in [-0.25, -0.2) is 0 Å². The smallest absolute Gasteiger partial charge is 0.122 e. The molecule has 4 heteroatoms. The molecule has 0 spiro atoms. The van der Waals surface area contributed by atoms with E-state index in [9.17, 15) is 0 Å². The van der Waals surface area contributed by atoms with Gasteiger partial charge >= 0.3 is 0 Å².